The summed E-state index contributed by atoms with van der Waals surface area (Å²) in [5, 5.41) is 0. The Hall–Kier alpha value is -1.53. The van der Waals surface area contributed by atoms with Gasteiger partial charge in [0.25, 0.3) is 0 Å². The van der Waals surface area contributed by atoms with Crippen LogP contribution in [0.1, 0.15) is 11.1 Å². The van der Waals surface area contributed by atoms with Gasteiger partial charge in [-0.3, -0.25) is 0 Å². The van der Waals surface area contributed by atoms with E-state index < -0.39 is 0 Å². The van der Waals surface area contributed by atoms with E-state index >= 15 is 0 Å². The Kier molecular flexibility index (Phi) is 4.65. The van der Waals surface area contributed by atoms with Gasteiger partial charge in [-0.2, -0.15) is 0 Å². The van der Waals surface area contributed by atoms with Crippen molar-refractivity contribution in [2.75, 3.05) is 0 Å². The quantitative estimate of drug-likeness (QED) is 0.652. The van der Waals surface area contributed by atoms with Gasteiger partial charge >= 0.3 is 0 Å². The molecule has 0 nitrogen and oxygen atoms in total. The topological polar surface area (TPSA) is 0 Å². The summed E-state index contributed by atoms with van der Waals surface area (Å²) in [4.78, 5) is 0. The van der Waals surface area contributed by atoms with Crippen LogP contribution in [0.25, 0.3) is 12.2 Å². The third-order valence-corrected chi connectivity index (χ3v) is 2.07. The fourth-order valence-electron chi connectivity index (χ4n) is 1.32. The molecule has 0 saturated heterocycles. The minimum Gasteiger partial charge on any atom is -1.00 e. The van der Waals surface area contributed by atoms with E-state index in [0.29, 0.717) is 0 Å². The maximum absolute atomic E-state index is 2.12. The summed E-state index contributed by atoms with van der Waals surface area (Å²) in [5.74, 6) is 0. The van der Waals surface area contributed by atoms with Crippen molar-refractivity contribution >= 4 is 12.2 Å². The van der Waals surface area contributed by atoms with Crippen molar-refractivity contribution in [3.8, 4) is 0 Å². The Morgan fingerprint density at radius 2 is 0.867 bits per heavy atom. The number of hydrogen-bond acceptors (Lipinski definition) is 0. The molecule has 0 aliphatic rings. The van der Waals surface area contributed by atoms with E-state index in [9.17, 15) is 0 Å². The minimum atomic E-state index is 0. The summed E-state index contributed by atoms with van der Waals surface area (Å²) < 4.78 is 0. The van der Waals surface area contributed by atoms with Gasteiger partial charge in [-0.25, -0.2) is 0 Å². The first-order valence-corrected chi connectivity index (χ1v) is 4.73. The third kappa shape index (κ3) is 3.61. The van der Waals surface area contributed by atoms with Gasteiger partial charge < -0.3 is 12.4 Å². The van der Waals surface area contributed by atoms with Crippen LogP contribution < -0.4 is 12.4 Å². The molecule has 0 saturated carbocycles. The molecule has 0 spiro atoms. The molecule has 76 valence electrons. The molecule has 2 aromatic rings. The average molecular weight is 216 g/mol. The number of halogens is 1. The first-order chi connectivity index (χ1) is 6.95. The van der Waals surface area contributed by atoms with E-state index in [2.05, 4.69) is 36.4 Å². The summed E-state index contributed by atoms with van der Waals surface area (Å²) >= 11 is 0. The molecule has 1 heteroatoms. The first kappa shape index (κ1) is 11.5. The molecule has 0 bridgehead atoms. The van der Waals surface area contributed by atoms with Crippen molar-refractivity contribution in [1.82, 2.24) is 0 Å². The van der Waals surface area contributed by atoms with E-state index in [4.69, 9.17) is 0 Å². The second-order valence-corrected chi connectivity index (χ2v) is 3.15. The van der Waals surface area contributed by atoms with Gasteiger partial charge in [-0.15, -0.1) is 0 Å². The van der Waals surface area contributed by atoms with Gasteiger partial charge in [-0.05, 0) is 11.1 Å². The zero-order chi connectivity index (χ0) is 9.64. The van der Waals surface area contributed by atoms with E-state index in [1.807, 2.05) is 36.4 Å². The van der Waals surface area contributed by atoms with Crippen LogP contribution in [0.4, 0.5) is 0 Å². The van der Waals surface area contributed by atoms with E-state index in [0.717, 1.165) is 0 Å². The average Bonchev–Trinajstić information content (AvgIpc) is 2.29. The van der Waals surface area contributed by atoms with Gasteiger partial charge in [0.05, 0.1) is 0 Å². The van der Waals surface area contributed by atoms with Crippen LogP contribution in [-0.4, -0.2) is 0 Å². The Morgan fingerprint density at radius 3 is 1.20 bits per heavy atom. The fraction of sp³-hybridized carbons (Fsp3) is 0. The highest BCUT2D eigenvalue weighted by atomic mass is 35.5. The first-order valence-electron chi connectivity index (χ1n) is 4.73. The summed E-state index contributed by atoms with van der Waals surface area (Å²) in [6.45, 7) is 0. The van der Waals surface area contributed by atoms with Crippen molar-refractivity contribution in [3.05, 3.63) is 71.8 Å². The smallest absolute Gasteiger partial charge is 0.0256 e. The van der Waals surface area contributed by atoms with Gasteiger partial charge in [-0.1, -0.05) is 72.8 Å². The van der Waals surface area contributed by atoms with Crippen LogP contribution >= 0.6 is 0 Å². The van der Waals surface area contributed by atoms with Crippen molar-refractivity contribution in [3.63, 3.8) is 0 Å². The minimum absolute atomic E-state index is 0. The molecule has 0 N–H and O–H groups in total. The zero-order valence-electron chi connectivity index (χ0n) is 8.31. The van der Waals surface area contributed by atoms with Crippen LogP contribution in [0.3, 0.4) is 0 Å². The zero-order valence-corrected chi connectivity index (χ0v) is 9.06. The Morgan fingerprint density at radius 1 is 0.533 bits per heavy atom. The molecule has 2 rings (SSSR count). The van der Waals surface area contributed by atoms with Crippen LogP contribution in [0.2, 0.25) is 0 Å². The fourth-order valence-corrected chi connectivity index (χ4v) is 1.32. The maximum Gasteiger partial charge on any atom is -0.0256 e. The third-order valence-electron chi connectivity index (χ3n) is 2.07. The molecule has 0 aliphatic carbocycles. The summed E-state index contributed by atoms with van der Waals surface area (Å²) in [6, 6.07) is 20.6. The number of hydrogen-bond donors (Lipinski definition) is 0. The van der Waals surface area contributed by atoms with Crippen molar-refractivity contribution in [2.24, 2.45) is 0 Å². The Labute approximate surface area is 96.7 Å². The molecular formula is C14H12Cl-. The van der Waals surface area contributed by atoms with E-state index in [1.54, 1.807) is 0 Å². The lowest BCUT2D eigenvalue weighted by Crippen LogP contribution is -3.00. The van der Waals surface area contributed by atoms with Crippen LogP contribution in [0.15, 0.2) is 60.7 Å². The molecule has 0 aromatic heterocycles. The summed E-state index contributed by atoms with van der Waals surface area (Å²) in [6.07, 6.45) is 4.24. The molecule has 0 amide bonds. The molecule has 0 radical (unpaired) electrons. The van der Waals surface area contributed by atoms with Gasteiger partial charge in [0.2, 0.25) is 0 Å². The molecule has 0 atom stereocenters. The van der Waals surface area contributed by atoms with Crippen LogP contribution in [0.5, 0.6) is 0 Å². The predicted octanol–water partition coefficient (Wildman–Crippen LogP) is 0.861. The lowest BCUT2D eigenvalue weighted by Gasteiger charge is -1.92. The predicted molar refractivity (Wildman–Crippen MR) is 61.8 cm³/mol. The highest BCUT2D eigenvalue weighted by Gasteiger charge is 1.84. The van der Waals surface area contributed by atoms with Gasteiger partial charge in [0, 0.05) is 0 Å². The number of rotatable bonds is 2. The van der Waals surface area contributed by atoms with Crippen molar-refractivity contribution in [2.45, 2.75) is 0 Å². The maximum atomic E-state index is 2.12. The lowest BCUT2D eigenvalue weighted by molar-refractivity contribution is -0.00000267. The van der Waals surface area contributed by atoms with E-state index in [-0.39, 0.29) is 12.4 Å². The molecule has 0 fully saturated rings. The van der Waals surface area contributed by atoms with Gasteiger partial charge in [0.1, 0.15) is 0 Å². The molecule has 0 unspecified atom stereocenters. The Balaban J connectivity index is 0.00000112. The Bertz CT molecular complexity index is 362. The second kappa shape index (κ2) is 6.05. The molecular weight excluding hydrogens is 204 g/mol. The largest absolute Gasteiger partial charge is 1.00 e. The van der Waals surface area contributed by atoms with Crippen molar-refractivity contribution < 1.29 is 12.4 Å². The summed E-state index contributed by atoms with van der Waals surface area (Å²) in [5.41, 5.74) is 2.47. The monoisotopic (exact) mass is 215 g/mol. The highest BCUT2D eigenvalue weighted by molar-refractivity contribution is 5.69. The van der Waals surface area contributed by atoms with Gasteiger partial charge in [0.15, 0.2) is 0 Å². The van der Waals surface area contributed by atoms with Crippen LogP contribution in [-0.2, 0) is 0 Å². The lowest BCUT2D eigenvalue weighted by atomic mass is 10.1. The van der Waals surface area contributed by atoms with E-state index in [1.165, 1.54) is 11.1 Å². The van der Waals surface area contributed by atoms with Crippen molar-refractivity contribution in [1.29, 1.82) is 0 Å². The SMILES string of the molecule is C(=C\c1ccccc1)/c1ccccc1.[Cl-]. The summed E-state index contributed by atoms with van der Waals surface area (Å²) in [7, 11) is 0. The molecule has 0 aliphatic heterocycles. The van der Waals surface area contributed by atoms with Crippen LogP contribution in [0, 0.1) is 0 Å². The normalized spacial score (nSPS) is 9.87. The molecule has 0 heterocycles. The second-order valence-electron chi connectivity index (χ2n) is 3.15. The highest BCUT2D eigenvalue weighted by Crippen LogP contribution is 2.06. The standard InChI is InChI=1S/C14H12.ClH/c1-3-7-13(8-4-1)11-12-14-9-5-2-6-10-14;/h1-12H;1H/p-1/b12-11+;. The molecule has 15 heavy (non-hydrogen) atoms. The number of benzene rings is 2. The molecule has 2 aromatic carbocycles.